The normalized spacial score (nSPS) is 8.77. The second-order valence-corrected chi connectivity index (χ2v) is 2.74. The molecule has 0 spiro atoms. The summed E-state index contributed by atoms with van der Waals surface area (Å²) in [4.78, 5) is 13.2. The lowest BCUT2D eigenvalue weighted by Crippen LogP contribution is -2.22. The number of carbonyl (C=O) groups excluding carboxylic acids is 1. The van der Waals surface area contributed by atoms with Gasteiger partial charge in [-0.3, -0.25) is 9.48 Å². The predicted molar refractivity (Wildman–Crippen MR) is 51.8 cm³/mol. The topological polar surface area (TPSA) is 46.9 Å². The molecule has 1 N–H and O–H groups in total. The van der Waals surface area contributed by atoms with E-state index < -0.39 is 0 Å². The molecule has 1 rings (SSSR count). The Morgan fingerprint density at radius 3 is 3.15 bits per heavy atom. The van der Waals surface area contributed by atoms with Crippen molar-refractivity contribution in [3.05, 3.63) is 18.0 Å². The number of hydrogen-bond donors (Lipinski definition) is 1. The molecule has 1 aromatic heterocycles. The fourth-order valence-electron chi connectivity index (χ4n) is 0.833. The van der Waals surface area contributed by atoms with Gasteiger partial charge in [0.1, 0.15) is 0 Å². The molecule has 0 saturated carbocycles. The van der Waals surface area contributed by atoms with Crippen LogP contribution in [0.1, 0.15) is 5.69 Å². The van der Waals surface area contributed by atoms with Crippen LogP contribution in [0.15, 0.2) is 12.3 Å². The highest BCUT2D eigenvalue weighted by Gasteiger charge is 1.99. The number of nitrogens with one attached hydrogen (secondary N) is 1. The van der Waals surface area contributed by atoms with Gasteiger partial charge in [-0.25, -0.2) is 0 Å². The first-order valence-electron chi connectivity index (χ1n) is 3.60. The zero-order chi connectivity index (χ0) is 9.68. The van der Waals surface area contributed by atoms with Crippen molar-refractivity contribution >= 4 is 21.8 Å². The summed E-state index contributed by atoms with van der Waals surface area (Å²) in [5.41, 5.74) is 0.935. The van der Waals surface area contributed by atoms with Crippen molar-refractivity contribution in [2.24, 2.45) is 7.05 Å². The minimum Gasteiger partial charge on any atom is -0.340 e. The molecule has 13 heavy (non-hydrogen) atoms. The Morgan fingerprint density at radius 1 is 1.85 bits per heavy atom. The summed E-state index contributed by atoms with van der Waals surface area (Å²) in [7, 11) is 1.82. The SMILES string of the molecule is Cn1nccc1CNC(=O)C#CBr. The Kier molecular flexibility index (Phi) is 3.53. The zero-order valence-corrected chi connectivity index (χ0v) is 8.63. The summed E-state index contributed by atoms with van der Waals surface area (Å²) in [6.07, 6.45) is 1.68. The van der Waals surface area contributed by atoms with Gasteiger partial charge in [0.2, 0.25) is 0 Å². The summed E-state index contributed by atoms with van der Waals surface area (Å²) < 4.78 is 1.70. The monoisotopic (exact) mass is 241 g/mol. The van der Waals surface area contributed by atoms with E-state index in [0.29, 0.717) is 6.54 Å². The molecule has 68 valence electrons. The van der Waals surface area contributed by atoms with Crippen LogP contribution in [0.5, 0.6) is 0 Å². The summed E-state index contributed by atoms with van der Waals surface area (Å²) in [6.45, 7) is 0.441. The lowest BCUT2D eigenvalue weighted by Gasteiger charge is -2.00. The van der Waals surface area contributed by atoms with E-state index in [9.17, 15) is 4.79 Å². The predicted octanol–water partition coefficient (Wildman–Crippen LogP) is 0.392. The van der Waals surface area contributed by atoms with Crippen LogP contribution in [0.3, 0.4) is 0 Å². The van der Waals surface area contributed by atoms with Crippen LogP contribution >= 0.6 is 15.9 Å². The highest BCUT2D eigenvalue weighted by molar-refractivity contribution is 9.12. The molecule has 1 heterocycles. The lowest BCUT2D eigenvalue weighted by molar-refractivity contribution is -0.115. The number of halogens is 1. The first-order valence-corrected chi connectivity index (χ1v) is 4.39. The van der Waals surface area contributed by atoms with Crippen LogP contribution in [0.2, 0.25) is 0 Å². The molecule has 0 aliphatic carbocycles. The molecule has 0 unspecified atom stereocenters. The van der Waals surface area contributed by atoms with E-state index in [4.69, 9.17) is 0 Å². The van der Waals surface area contributed by atoms with Gasteiger partial charge in [-0.2, -0.15) is 5.10 Å². The quantitative estimate of drug-likeness (QED) is 0.762. The molecule has 0 bridgehead atoms. The van der Waals surface area contributed by atoms with Gasteiger partial charge < -0.3 is 5.32 Å². The van der Waals surface area contributed by atoms with Crippen LogP contribution in [0.25, 0.3) is 0 Å². The first kappa shape index (κ1) is 9.81. The lowest BCUT2D eigenvalue weighted by atomic mass is 10.4. The van der Waals surface area contributed by atoms with Gasteiger partial charge in [-0.15, -0.1) is 0 Å². The van der Waals surface area contributed by atoms with E-state index in [1.165, 1.54) is 0 Å². The Hall–Kier alpha value is -1.28. The van der Waals surface area contributed by atoms with Crippen LogP contribution in [-0.2, 0) is 18.4 Å². The van der Waals surface area contributed by atoms with E-state index >= 15 is 0 Å². The fourth-order valence-corrected chi connectivity index (χ4v) is 1.01. The number of hydrogen-bond acceptors (Lipinski definition) is 2. The molecule has 0 saturated heterocycles. The molecule has 0 aliphatic rings. The number of aryl methyl sites for hydroxylation is 1. The number of amides is 1. The van der Waals surface area contributed by atoms with Crippen molar-refractivity contribution in [1.29, 1.82) is 0 Å². The summed E-state index contributed by atoms with van der Waals surface area (Å²) >= 11 is 2.84. The molecule has 0 atom stereocenters. The molecular formula is C8H8BrN3O. The van der Waals surface area contributed by atoms with Crippen molar-refractivity contribution in [3.63, 3.8) is 0 Å². The fraction of sp³-hybridized carbons (Fsp3) is 0.250. The van der Waals surface area contributed by atoms with Gasteiger partial charge in [0.25, 0.3) is 5.91 Å². The van der Waals surface area contributed by atoms with Gasteiger partial charge >= 0.3 is 0 Å². The van der Waals surface area contributed by atoms with E-state index in [1.54, 1.807) is 10.9 Å². The van der Waals surface area contributed by atoms with E-state index in [-0.39, 0.29) is 5.91 Å². The number of rotatable bonds is 2. The Bertz CT molecular complexity index is 361. The Balaban J connectivity index is 2.47. The van der Waals surface area contributed by atoms with Gasteiger partial charge in [-0.1, -0.05) is 0 Å². The standard InChI is InChI=1S/C8H8BrN3O/c1-12-7(3-5-11-12)6-10-8(13)2-4-9/h3,5H,6H2,1H3,(H,10,13). The minimum absolute atomic E-state index is 0.307. The van der Waals surface area contributed by atoms with Gasteiger partial charge in [0.05, 0.1) is 12.2 Å². The Morgan fingerprint density at radius 2 is 2.62 bits per heavy atom. The molecule has 0 aromatic carbocycles. The average Bonchev–Trinajstić information content (AvgIpc) is 2.48. The third kappa shape index (κ3) is 2.92. The number of nitrogens with zero attached hydrogens (tertiary/aromatic N) is 2. The molecule has 1 amide bonds. The molecule has 1 aromatic rings. The van der Waals surface area contributed by atoms with Crippen molar-refractivity contribution in [2.45, 2.75) is 6.54 Å². The maximum Gasteiger partial charge on any atom is 0.297 e. The van der Waals surface area contributed by atoms with Crippen LogP contribution in [-0.4, -0.2) is 15.7 Å². The van der Waals surface area contributed by atoms with E-state index in [1.807, 2.05) is 13.1 Å². The van der Waals surface area contributed by atoms with Crippen LogP contribution in [0.4, 0.5) is 0 Å². The largest absolute Gasteiger partial charge is 0.340 e. The summed E-state index contributed by atoms with van der Waals surface area (Å²) in [5, 5.41) is 6.58. The third-order valence-electron chi connectivity index (χ3n) is 1.51. The third-order valence-corrected chi connectivity index (χ3v) is 1.71. The van der Waals surface area contributed by atoms with E-state index in [0.717, 1.165) is 5.69 Å². The van der Waals surface area contributed by atoms with Crippen LogP contribution in [0, 0.1) is 10.8 Å². The first-order chi connectivity index (χ1) is 6.24. The average molecular weight is 242 g/mol. The summed E-state index contributed by atoms with van der Waals surface area (Å²) in [5.74, 6) is 2.01. The smallest absolute Gasteiger partial charge is 0.297 e. The van der Waals surface area contributed by atoms with Crippen molar-refractivity contribution in [2.75, 3.05) is 0 Å². The number of aromatic nitrogens is 2. The van der Waals surface area contributed by atoms with Crippen molar-refractivity contribution in [1.82, 2.24) is 15.1 Å². The highest BCUT2D eigenvalue weighted by Crippen LogP contribution is 1.94. The second-order valence-electron chi connectivity index (χ2n) is 2.35. The summed E-state index contributed by atoms with van der Waals surface area (Å²) in [6, 6.07) is 1.84. The molecule has 5 heteroatoms. The van der Waals surface area contributed by atoms with E-state index in [2.05, 4.69) is 37.1 Å². The van der Waals surface area contributed by atoms with Crippen molar-refractivity contribution < 1.29 is 4.79 Å². The minimum atomic E-state index is -0.307. The van der Waals surface area contributed by atoms with Crippen molar-refractivity contribution in [3.8, 4) is 10.8 Å². The maximum absolute atomic E-state index is 10.9. The van der Waals surface area contributed by atoms with Gasteiger partial charge in [0, 0.05) is 35.1 Å². The molecule has 0 radical (unpaired) electrons. The second kappa shape index (κ2) is 4.67. The van der Waals surface area contributed by atoms with Gasteiger partial charge in [-0.05, 0) is 10.9 Å². The number of carbonyl (C=O) groups is 1. The van der Waals surface area contributed by atoms with Crippen LogP contribution < -0.4 is 5.32 Å². The zero-order valence-electron chi connectivity index (χ0n) is 7.04. The van der Waals surface area contributed by atoms with Gasteiger partial charge in [0.15, 0.2) is 0 Å². The highest BCUT2D eigenvalue weighted by atomic mass is 79.9. The maximum atomic E-state index is 10.9. The molecule has 4 nitrogen and oxygen atoms in total. The Labute approximate surface area is 84.4 Å². The molecule has 0 fully saturated rings. The molecular weight excluding hydrogens is 234 g/mol. The molecule has 0 aliphatic heterocycles.